The van der Waals surface area contributed by atoms with Gasteiger partial charge in [0.25, 0.3) is 0 Å². The molecule has 0 unspecified atom stereocenters. The number of fused-ring (bicyclic) bond motifs is 2. The second-order valence-electron chi connectivity index (χ2n) is 4.12. The molecule has 3 rings (SSSR count). The predicted molar refractivity (Wildman–Crippen MR) is 61.3 cm³/mol. The first-order valence-corrected chi connectivity index (χ1v) is 5.24. The summed E-state index contributed by atoms with van der Waals surface area (Å²) in [5.74, 6) is 0. The van der Waals surface area contributed by atoms with E-state index < -0.39 is 0 Å². The van der Waals surface area contributed by atoms with Crippen molar-refractivity contribution in [1.82, 2.24) is 0 Å². The fourth-order valence-corrected chi connectivity index (χ4v) is 2.69. The predicted octanol–water partition coefficient (Wildman–Crippen LogP) is 3.19. The Morgan fingerprint density at radius 1 is 0.929 bits per heavy atom. The fourth-order valence-electron chi connectivity index (χ4n) is 2.69. The normalized spacial score (nSPS) is 18.6. The Hall–Kier alpha value is 0.596. The van der Waals surface area contributed by atoms with Crippen LogP contribution in [0.1, 0.15) is 36.8 Å². The molecule has 1 aromatic rings. The molecule has 1 radical (unpaired) electrons. The van der Waals surface area contributed by atoms with Crippen LogP contribution in [0.5, 0.6) is 0 Å². The zero-order valence-corrected chi connectivity index (χ0v) is 12.0. The standard InChI is InChI=1S/C13H14.K/c1-3-7-12-10(5-1)9-11-6-2-4-8-13(11)12;/h1,3,5,7H,2,4,6,8-9H2;. The minimum Gasteiger partial charge on any atom is -0.0620 e. The van der Waals surface area contributed by atoms with Gasteiger partial charge in [0.05, 0.1) is 0 Å². The summed E-state index contributed by atoms with van der Waals surface area (Å²) in [7, 11) is 0. The molecule has 14 heavy (non-hydrogen) atoms. The molecule has 0 nitrogen and oxygen atoms in total. The number of allylic oxidation sites excluding steroid dienone is 2. The first kappa shape index (κ1) is 11.1. The van der Waals surface area contributed by atoms with Crippen molar-refractivity contribution in [2.24, 2.45) is 0 Å². The molecule has 0 spiro atoms. The molecule has 0 atom stereocenters. The van der Waals surface area contributed by atoms with Crippen LogP contribution in [-0.4, -0.2) is 51.4 Å². The smallest absolute Gasteiger partial charge is 0 e. The second-order valence-corrected chi connectivity index (χ2v) is 4.12. The van der Waals surface area contributed by atoms with Gasteiger partial charge in [-0.05, 0) is 48.8 Å². The van der Waals surface area contributed by atoms with Crippen LogP contribution in [-0.2, 0) is 6.42 Å². The maximum atomic E-state index is 2.29. The molecule has 0 saturated heterocycles. The zero-order chi connectivity index (χ0) is 8.67. The maximum Gasteiger partial charge on any atom is 0 e. The Kier molecular flexibility index (Phi) is 3.66. The van der Waals surface area contributed by atoms with Crippen molar-refractivity contribution in [2.75, 3.05) is 0 Å². The van der Waals surface area contributed by atoms with Gasteiger partial charge >= 0.3 is 0 Å². The number of hydrogen-bond acceptors (Lipinski definition) is 0. The number of benzene rings is 1. The Balaban J connectivity index is 0.000000750. The largest absolute Gasteiger partial charge is 0.0620 e. The van der Waals surface area contributed by atoms with Crippen molar-refractivity contribution in [3.63, 3.8) is 0 Å². The van der Waals surface area contributed by atoms with Gasteiger partial charge in [0.1, 0.15) is 0 Å². The van der Waals surface area contributed by atoms with E-state index in [0.717, 1.165) is 0 Å². The summed E-state index contributed by atoms with van der Waals surface area (Å²) in [4.78, 5) is 0. The molecule has 2 aliphatic carbocycles. The first-order valence-electron chi connectivity index (χ1n) is 5.24. The van der Waals surface area contributed by atoms with Crippen molar-refractivity contribution in [3.05, 3.63) is 41.0 Å². The van der Waals surface area contributed by atoms with Crippen molar-refractivity contribution in [3.8, 4) is 0 Å². The molecule has 0 bridgehead atoms. The average molecular weight is 209 g/mol. The molecule has 0 heterocycles. The Bertz CT molecular complexity index is 377. The van der Waals surface area contributed by atoms with E-state index in [1.165, 1.54) is 32.1 Å². The summed E-state index contributed by atoms with van der Waals surface area (Å²) in [6.45, 7) is 0. The topological polar surface area (TPSA) is 0 Å². The summed E-state index contributed by atoms with van der Waals surface area (Å²) in [6.07, 6.45) is 6.72. The molecule has 0 aromatic heterocycles. The molecular weight excluding hydrogens is 195 g/mol. The van der Waals surface area contributed by atoms with Gasteiger partial charge in [-0.3, -0.25) is 0 Å². The number of hydrogen-bond donors (Lipinski definition) is 0. The van der Waals surface area contributed by atoms with Gasteiger partial charge in [0, 0.05) is 51.4 Å². The Morgan fingerprint density at radius 3 is 2.64 bits per heavy atom. The van der Waals surface area contributed by atoms with E-state index in [4.69, 9.17) is 0 Å². The van der Waals surface area contributed by atoms with Crippen LogP contribution in [0, 0.1) is 0 Å². The van der Waals surface area contributed by atoms with Gasteiger partial charge in [0.2, 0.25) is 0 Å². The van der Waals surface area contributed by atoms with Crippen LogP contribution in [0.15, 0.2) is 29.8 Å². The minimum atomic E-state index is 0. The molecule has 0 N–H and O–H groups in total. The van der Waals surface area contributed by atoms with Crippen LogP contribution in [0.4, 0.5) is 0 Å². The SMILES string of the molecule is [K].c1ccc2c(c1)CC1=C2CCCC1. The van der Waals surface area contributed by atoms with Gasteiger partial charge in [-0.15, -0.1) is 0 Å². The molecule has 0 fully saturated rings. The van der Waals surface area contributed by atoms with E-state index in [-0.39, 0.29) is 51.4 Å². The summed E-state index contributed by atoms with van der Waals surface area (Å²) in [6, 6.07) is 8.91. The molecular formula is C13H14K. The van der Waals surface area contributed by atoms with Gasteiger partial charge in [-0.25, -0.2) is 0 Å². The van der Waals surface area contributed by atoms with Gasteiger partial charge in [0.15, 0.2) is 0 Å². The molecule has 0 amide bonds. The van der Waals surface area contributed by atoms with Crippen LogP contribution < -0.4 is 0 Å². The third kappa shape index (κ3) is 1.81. The van der Waals surface area contributed by atoms with Crippen molar-refractivity contribution in [1.29, 1.82) is 0 Å². The molecule has 2 aliphatic rings. The summed E-state index contributed by atoms with van der Waals surface area (Å²) in [5.41, 5.74) is 6.53. The van der Waals surface area contributed by atoms with E-state index in [2.05, 4.69) is 24.3 Å². The van der Waals surface area contributed by atoms with E-state index in [9.17, 15) is 0 Å². The van der Waals surface area contributed by atoms with Crippen molar-refractivity contribution >= 4 is 57.0 Å². The van der Waals surface area contributed by atoms with E-state index in [1.54, 1.807) is 22.3 Å². The van der Waals surface area contributed by atoms with Gasteiger partial charge in [-0.1, -0.05) is 29.8 Å². The molecule has 67 valence electrons. The zero-order valence-electron chi connectivity index (χ0n) is 8.84. The first-order chi connectivity index (χ1) is 6.45. The van der Waals surface area contributed by atoms with Gasteiger partial charge < -0.3 is 0 Å². The summed E-state index contributed by atoms with van der Waals surface area (Å²) < 4.78 is 0. The third-order valence-corrected chi connectivity index (χ3v) is 3.33. The molecule has 0 aliphatic heterocycles. The quantitative estimate of drug-likeness (QED) is 0.576. The minimum absolute atomic E-state index is 0. The molecule has 0 saturated carbocycles. The second kappa shape index (κ2) is 4.63. The van der Waals surface area contributed by atoms with Gasteiger partial charge in [-0.2, -0.15) is 0 Å². The van der Waals surface area contributed by atoms with Crippen LogP contribution in [0.3, 0.4) is 0 Å². The van der Waals surface area contributed by atoms with Crippen LogP contribution >= 0.6 is 0 Å². The average Bonchev–Trinajstić information content (AvgIpc) is 2.56. The Labute approximate surface area is 128 Å². The van der Waals surface area contributed by atoms with Crippen molar-refractivity contribution < 1.29 is 0 Å². The van der Waals surface area contributed by atoms with Crippen molar-refractivity contribution in [2.45, 2.75) is 32.1 Å². The third-order valence-electron chi connectivity index (χ3n) is 3.33. The maximum absolute atomic E-state index is 2.29. The van der Waals surface area contributed by atoms with E-state index in [1.807, 2.05) is 0 Å². The summed E-state index contributed by atoms with van der Waals surface area (Å²) in [5, 5.41) is 0. The summed E-state index contributed by atoms with van der Waals surface area (Å²) >= 11 is 0. The van der Waals surface area contributed by atoms with Crippen LogP contribution in [0.25, 0.3) is 5.57 Å². The number of rotatable bonds is 0. The monoisotopic (exact) mass is 209 g/mol. The Morgan fingerprint density at radius 2 is 1.71 bits per heavy atom. The fraction of sp³-hybridized carbons (Fsp3) is 0.385. The van der Waals surface area contributed by atoms with E-state index >= 15 is 0 Å². The molecule has 1 heteroatoms. The van der Waals surface area contributed by atoms with Crippen LogP contribution in [0.2, 0.25) is 0 Å². The molecule has 1 aromatic carbocycles. The van der Waals surface area contributed by atoms with E-state index in [0.29, 0.717) is 0 Å².